The molecule has 140 valence electrons. The van der Waals surface area contributed by atoms with Crippen LogP contribution in [0.5, 0.6) is 0 Å². The van der Waals surface area contributed by atoms with Gasteiger partial charge in [-0.05, 0) is 57.0 Å². The lowest BCUT2D eigenvalue weighted by Gasteiger charge is -2.46. The molecule has 1 aromatic carbocycles. The van der Waals surface area contributed by atoms with Gasteiger partial charge in [-0.25, -0.2) is 4.79 Å². The number of benzene rings is 1. The van der Waals surface area contributed by atoms with Crippen molar-refractivity contribution in [3.05, 3.63) is 33.9 Å². The van der Waals surface area contributed by atoms with Crippen LogP contribution in [0.4, 0.5) is 4.79 Å². The number of hydrogen-bond acceptors (Lipinski definition) is 2. The molecule has 1 aliphatic carbocycles. The number of aromatic amines is 1. The number of fused-ring (bicyclic) bond motifs is 2. The molecule has 2 aromatic rings. The van der Waals surface area contributed by atoms with Crippen molar-refractivity contribution in [2.45, 2.75) is 44.7 Å². The van der Waals surface area contributed by atoms with E-state index >= 15 is 0 Å². The Morgan fingerprint density at radius 1 is 1.38 bits per heavy atom. The van der Waals surface area contributed by atoms with Crippen LogP contribution < -0.4 is 5.32 Å². The maximum absolute atomic E-state index is 12.5. The minimum absolute atomic E-state index is 0.0596. The van der Waals surface area contributed by atoms with Crippen LogP contribution in [0.15, 0.2) is 22.8 Å². The second-order valence-electron chi connectivity index (χ2n) is 7.60. The lowest BCUT2D eigenvalue weighted by Crippen LogP contribution is -2.56. The van der Waals surface area contributed by atoms with Crippen LogP contribution >= 0.6 is 15.9 Å². The molecule has 0 spiro atoms. The van der Waals surface area contributed by atoms with Crippen molar-refractivity contribution in [1.29, 1.82) is 0 Å². The van der Waals surface area contributed by atoms with E-state index < -0.39 is 0 Å². The molecule has 2 amide bonds. The van der Waals surface area contributed by atoms with Crippen LogP contribution in [-0.4, -0.2) is 59.6 Å². The SMILES string of the molecule is CCN(CC)C(=O)N[C@H]1C[C@@H]2c3cc(Br)cc4[nH]cc(c34)C[C@H]2N(C)C1. The number of amides is 2. The first-order chi connectivity index (χ1) is 12.5. The van der Waals surface area contributed by atoms with E-state index in [4.69, 9.17) is 0 Å². The molecular weight excluding hydrogens is 392 g/mol. The van der Waals surface area contributed by atoms with Crippen molar-refractivity contribution in [1.82, 2.24) is 20.1 Å². The predicted molar refractivity (Wildman–Crippen MR) is 109 cm³/mol. The van der Waals surface area contributed by atoms with Gasteiger partial charge in [-0.3, -0.25) is 0 Å². The first kappa shape index (κ1) is 17.9. The number of H-pyrrole nitrogens is 1. The number of likely N-dealkylation sites (tertiary alicyclic amines) is 1. The van der Waals surface area contributed by atoms with E-state index in [9.17, 15) is 4.79 Å². The molecule has 3 atom stereocenters. The van der Waals surface area contributed by atoms with E-state index in [2.05, 4.69) is 56.5 Å². The minimum Gasteiger partial charge on any atom is -0.361 e. The minimum atomic E-state index is 0.0596. The van der Waals surface area contributed by atoms with E-state index in [0.717, 1.165) is 36.9 Å². The molecule has 2 N–H and O–H groups in total. The predicted octanol–water partition coefficient (Wildman–Crippen LogP) is 3.69. The largest absolute Gasteiger partial charge is 0.361 e. The Morgan fingerprint density at radius 2 is 2.15 bits per heavy atom. The zero-order valence-corrected chi connectivity index (χ0v) is 17.3. The van der Waals surface area contributed by atoms with Gasteiger partial charge in [0.05, 0.1) is 0 Å². The molecule has 1 aromatic heterocycles. The number of likely N-dealkylation sites (N-methyl/N-ethyl adjacent to an activating group) is 1. The number of piperidine rings is 1. The van der Waals surface area contributed by atoms with Crippen molar-refractivity contribution in [2.75, 3.05) is 26.7 Å². The fraction of sp³-hybridized carbons (Fsp3) is 0.550. The average Bonchev–Trinajstić information content (AvgIpc) is 3.00. The van der Waals surface area contributed by atoms with Gasteiger partial charge in [0.25, 0.3) is 0 Å². The zero-order valence-electron chi connectivity index (χ0n) is 15.7. The number of hydrogen-bond donors (Lipinski definition) is 2. The zero-order chi connectivity index (χ0) is 18.4. The Hall–Kier alpha value is -1.53. The number of halogens is 1. The van der Waals surface area contributed by atoms with Crippen molar-refractivity contribution in [3.63, 3.8) is 0 Å². The van der Waals surface area contributed by atoms with Gasteiger partial charge in [-0.2, -0.15) is 0 Å². The normalized spacial score (nSPS) is 25.2. The Labute approximate surface area is 163 Å². The Morgan fingerprint density at radius 3 is 2.88 bits per heavy atom. The third-order valence-electron chi connectivity index (χ3n) is 6.14. The van der Waals surface area contributed by atoms with Gasteiger partial charge < -0.3 is 20.1 Å². The van der Waals surface area contributed by atoms with Crippen LogP contribution in [0.2, 0.25) is 0 Å². The number of carbonyl (C=O) groups is 1. The summed E-state index contributed by atoms with van der Waals surface area (Å²) in [7, 11) is 2.19. The first-order valence-corrected chi connectivity index (χ1v) is 10.4. The maximum Gasteiger partial charge on any atom is 0.317 e. The molecule has 0 bridgehead atoms. The maximum atomic E-state index is 12.5. The summed E-state index contributed by atoms with van der Waals surface area (Å²) in [6.45, 7) is 6.45. The van der Waals surface area contributed by atoms with Crippen LogP contribution in [0.1, 0.15) is 37.3 Å². The standard InChI is InChI=1S/C20H27BrN4O/c1-4-25(5-2)20(26)23-14-9-15-16-7-13(21)8-17-19(16)12(10-22-17)6-18(15)24(3)11-14/h7-8,10,14-15,18,22H,4-6,9,11H2,1-3H3,(H,23,26)/t14-,15+,18+/m0/s1. The van der Waals surface area contributed by atoms with E-state index in [1.165, 1.54) is 22.0 Å². The number of aromatic nitrogens is 1. The number of rotatable bonds is 3. The number of nitrogens with one attached hydrogen (secondary N) is 2. The topological polar surface area (TPSA) is 51.4 Å². The summed E-state index contributed by atoms with van der Waals surface area (Å²) in [6.07, 6.45) is 4.24. The van der Waals surface area contributed by atoms with Crippen LogP contribution in [0.3, 0.4) is 0 Å². The molecular formula is C20H27BrN4O. The van der Waals surface area contributed by atoms with Gasteiger partial charge >= 0.3 is 6.03 Å². The van der Waals surface area contributed by atoms with Crippen molar-refractivity contribution < 1.29 is 4.79 Å². The summed E-state index contributed by atoms with van der Waals surface area (Å²) in [5, 5.41) is 4.66. The van der Waals surface area contributed by atoms with Crippen LogP contribution in [0.25, 0.3) is 10.9 Å². The van der Waals surface area contributed by atoms with E-state index in [0.29, 0.717) is 12.0 Å². The van der Waals surface area contributed by atoms with E-state index in [1.54, 1.807) is 0 Å². The molecule has 26 heavy (non-hydrogen) atoms. The fourth-order valence-electron chi connectivity index (χ4n) is 4.86. The van der Waals surface area contributed by atoms with Crippen molar-refractivity contribution >= 4 is 32.9 Å². The summed E-state index contributed by atoms with van der Waals surface area (Å²) in [5.74, 6) is 0.444. The third kappa shape index (κ3) is 2.93. The summed E-state index contributed by atoms with van der Waals surface area (Å²) in [4.78, 5) is 20.2. The lowest BCUT2D eigenvalue weighted by molar-refractivity contribution is 0.124. The highest BCUT2D eigenvalue weighted by Gasteiger charge is 2.40. The second-order valence-corrected chi connectivity index (χ2v) is 8.52. The number of carbonyl (C=O) groups excluding carboxylic acids is 1. The number of urea groups is 1. The Balaban J connectivity index is 1.63. The van der Waals surface area contributed by atoms with Crippen LogP contribution in [0, 0.1) is 0 Å². The van der Waals surface area contributed by atoms with Gasteiger partial charge in [0.15, 0.2) is 0 Å². The lowest BCUT2D eigenvalue weighted by atomic mass is 9.74. The van der Waals surface area contributed by atoms with Crippen molar-refractivity contribution in [2.24, 2.45) is 0 Å². The van der Waals surface area contributed by atoms with Crippen LogP contribution in [-0.2, 0) is 6.42 Å². The first-order valence-electron chi connectivity index (χ1n) is 9.56. The highest BCUT2D eigenvalue weighted by Crippen LogP contribution is 2.44. The molecule has 4 rings (SSSR count). The molecule has 0 radical (unpaired) electrons. The summed E-state index contributed by atoms with van der Waals surface area (Å²) in [6, 6.07) is 5.18. The number of nitrogens with zero attached hydrogens (tertiary/aromatic N) is 2. The molecule has 1 saturated heterocycles. The third-order valence-corrected chi connectivity index (χ3v) is 6.60. The van der Waals surface area contributed by atoms with Gasteiger partial charge in [0.1, 0.15) is 0 Å². The molecule has 0 saturated carbocycles. The molecule has 6 heteroatoms. The molecule has 5 nitrogen and oxygen atoms in total. The summed E-state index contributed by atoms with van der Waals surface area (Å²) >= 11 is 3.67. The molecule has 1 fully saturated rings. The van der Waals surface area contributed by atoms with Gasteiger partial charge in [0.2, 0.25) is 0 Å². The van der Waals surface area contributed by atoms with Gasteiger partial charge in [-0.1, -0.05) is 15.9 Å². The highest BCUT2D eigenvalue weighted by atomic mass is 79.9. The molecule has 1 aliphatic heterocycles. The molecule has 2 aliphatic rings. The molecule has 0 unspecified atom stereocenters. The van der Waals surface area contributed by atoms with E-state index in [-0.39, 0.29) is 12.1 Å². The van der Waals surface area contributed by atoms with E-state index in [1.807, 2.05) is 18.7 Å². The average molecular weight is 419 g/mol. The quantitative estimate of drug-likeness (QED) is 0.798. The molecule has 2 heterocycles. The Bertz CT molecular complexity index is 829. The fourth-order valence-corrected chi connectivity index (χ4v) is 5.33. The Kier molecular flexibility index (Phi) is 4.73. The highest BCUT2D eigenvalue weighted by molar-refractivity contribution is 9.10. The van der Waals surface area contributed by atoms with Gasteiger partial charge in [0, 0.05) is 59.2 Å². The smallest absolute Gasteiger partial charge is 0.317 e. The summed E-state index contributed by atoms with van der Waals surface area (Å²) < 4.78 is 1.12. The van der Waals surface area contributed by atoms with Gasteiger partial charge in [-0.15, -0.1) is 0 Å². The van der Waals surface area contributed by atoms with Crippen molar-refractivity contribution in [3.8, 4) is 0 Å². The monoisotopic (exact) mass is 418 g/mol. The summed E-state index contributed by atoms with van der Waals surface area (Å²) in [5.41, 5.74) is 4.04. The second kappa shape index (κ2) is 6.89.